The van der Waals surface area contributed by atoms with Crippen LogP contribution in [0.2, 0.25) is 0 Å². The fraction of sp³-hybridized carbons (Fsp3) is 0.800. The molecule has 1 atom stereocenters. The van der Waals surface area contributed by atoms with Crippen molar-refractivity contribution in [2.45, 2.75) is 25.3 Å². The van der Waals surface area contributed by atoms with E-state index in [4.69, 9.17) is 4.52 Å². The maximum absolute atomic E-state index is 5.32. The quantitative estimate of drug-likeness (QED) is 0.781. The molecule has 2 rings (SSSR count). The molecule has 1 N–H and O–H groups in total. The fourth-order valence-electron chi connectivity index (χ4n) is 1.85. The highest BCUT2D eigenvalue weighted by molar-refractivity contribution is 5.07. The van der Waals surface area contributed by atoms with Crippen LogP contribution in [0.25, 0.3) is 0 Å². The molecule has 0 aliphatic carbocycles. The summed E-state index contributed by atoms with van der Waals surface area (Å²) in [6.45, 7) is 4.85. The summed E-state index contributed by atoms with van der Waals surface area (Å²) in [5.41, 5.74) is 0.0254. The van der Waals surface area contributed by atoms with Crippen molar-refractivity contribution in [3.8, 4) is 0 Å². The van der Waals surface area contributed by atoms with Gasteiger partial charge in [0, 0.05) is 6.54 Å². The minimum atomic E-state index is 0.0254. The molecule has 1 aromatic rings. The molecule has 1 aromatic heterocycles. The molecule has 84 valence electrons. The Labute approximate surface area is 89.8 Å². The summed E-state index contributed by atoms with van der Waals surface area (Å²) < 4.78 is 5.32. The van der Waals surface area contributed by atoms with Crippen LogP contribution in [0.1, 0.15) is 25.1 Å². The lowest BCUT2D eigenvalue weighted by molar-refractivity contribution is 0.300. The van der Waals surface area contributed by atoms with Crippen molar-refractivity contribution in [2.24, 2.45) is 0 Å². The minimum Gasteiger partial charge on any atom is -0.339 e. The second-order valence-corrected chi connectivity index (χ2v) is 4.74. The second-order valence-electron chi connectivity index (χ2n) is 4.74. The largest absolute Gasteiger partial charge is 0.339 e. The van der Waals surface area contributed by atoms with Crippen molar-refractivity contribution in [1.29, 1.82) is 0 Å². The van der Waals surface area contributed by atoms with E-state index in [1.54, 1.807) is 0 Å². The van der Waals surface area contributed by atoms with Crippen molar-refractivity contribution in [1.82, 2.24) is 20.4 Å². The SMILES string of the molecule is CN(C)Cc1noc(C2(C)CCNC2)n1. The van der Waals surface area contributed by atoms with Crippen LogP contribution in [0, 0.1) is 0 Å². The molecular weight excluding hydrogens is 192 g/mol. The van der Waals surface area contributed by atoms with Crippen LogP contribution in [0.15, 0.2) is 4.52 Å². The maximum atomic E-state index is 5.32. The first-order valence-corrected chi connectivity index (χ1v) is 5.29. The van der Waals surface area contributed by atoms with Gasteiger partial charge in [0.2, 0.25) is 5.89 Å². The van der Waals surface area contributed by atoms with E-state index < -0.39 is 0 Å². The van der Waals surface area contributed by atoms with E-state index in [2.05, 4.69) is 22.4 Å². The van der Waals surface area contributed by atoms with Gasteiger partial charge in [-0.1, -0.05) is 5.16 Å². The van der Waals surface area contributed by atoms with Gasteiger partial charge in [-0.25, -0.2) is 0 Å². The number of aromatic nitrogens is 2. The summed E-state index contributed by atoms with van der Waals surface area (Å²) in [6.07, 6.45) is 1.07. The molecule has 0 radical (unpaired) electrons. The van der Waals surface area contributed by atoms with Crippen molar-refractivity contribution >= 4 is 0 Å². The minimum absolute atomic E-state index is 0.0254. The average Bonchev–Trinajstić information content (AvgIpc) is 2.74. The van der Waals surface area contributed by atoms with Gasteiger partial charge in [-0.15, -0.1) is 0 Å². The summed E-state index contributed by atoms with van der Waals surface area (Å²) in [5, 5.41) is 7.31. The van der Waals surface area contributed by atoms with E-state index in [0.717, 1.165) is 37.8 Å². The van der Waals surface area contributed by atoms with Gasteiger partial charge < -0.3 is 14.7 Å². The standard InChI is InChI=1S/C10H18N4O/c1-10(4-5-11-7-10)9-12-8(13-15-9)6-14(2)3/h11H,4-7H2,1-3H3. The van der Waals surface area contributed by atoms with Crippen LogP contribution in [0.4, 0.5) is 0 Å². The Balaban J connectivity index is 2.12. The lowest BCUT2D eigenvalue weighted by atomic mass is 9.90. The van der Waals surface area contributed by atoms with E-state index in [-0.39, 0.29) is 5.41 Å². The lowest BCUT2D eigenvalue weighted by Crippen LogP contribution is -2.25. The topological polar surface area (TPSA) is 54.2 Å². The summed E-state index contributed by atoms with van der Waals surface area (Å²) in [6, 6.07) is 0. The molecule has 0 saturated carbocycles. The molecule has 0 aromatic carbocycles. The molecule has 5 heteroatoms. The maximum Gasteiger partial charge on any atom is 0.233 e. The molecule has 0 amide bonds. The Morgan fingerprint density at radius 3 is 2.93 bits per heavy atom. The van der Waals surface area contributed by atoms with Crippen LogP contribution >= 0.6 is 0 Å². The fourth-order valence-corrected chi connectivity index (χ4v) is 1.85. The molecular formula is C10H18N4O. The van der Waals surface area contributed by atoms with Crippen molar-refractivity contribution in [2.75, 3.05) is 27.2 Å². The molecule has 1 unspecified atom stereocenters. The number of hydrogen-bond acceptors (Lipinski definition) is 5. The lowest BCUT2D eigenvalue weighted by Gasteiger charge is -2.16. The van der Waals surface area contributed by atoms with E-state index in [9.17, 15) is 0 Å². The Morgan fingerprint density at radius 1 is 1.53 bits per heavy atom. The van der Waals surface area contributed by atoms with E-state index in [0.29, 0.717) is 0 Å². The number of hydrogen-bond donors (Lipinski definition) is 1. The summed E-state index contributed by atoms with van der Waals surface area (Å²) in [7, 11) is 3.99. The first-order chi connectivity index (χ1) is 7.10. The Hall–Kier alpha value is -0.940. The number of nitrogens with zero attached hydrogens (tertiary/aromatic N) is 3. The van der Waals surface area contributed by atoms with Gasteiger partial charge in [-0.2, -0.15) is 4.98 Å². The van der Waals surface area contributed by atoms with Crippen LogP contribution in [0.3, 0.4) is 0 Å². The predicted octanol–water partition coefficient (Wildman–Crippen LogP) is 0.382. The van der Waals surface area contributed by atoms with Crippen LogP contribution in [-0.4, -0.2) is 42.2 Å². The highest BCUT2D eigenvalue weighted by Crippen LogP contribution is 2.28. The third-order valence-corrected chi connectivity index (χ3v) is 2.81. The Morgan fingerprint density at radius 2 is 2.33 bits per heavy atom. The van der Waals surface area contributed by atoms with Gasteiger partial charge in [0.05, 0.1) is 12.0 Å². The third kappa shape index (κ3) is 2.18. The molecule has 5 nitrogen and oxygen atoms in total. The van der Waals surface area contributed by atoms with Gasteiger partial charge in [0.15, 0.2) is 5.82 Å². The highest BCUT2D eigenvalue weighted by Gasteiger charge is 2.36. The first-order valence-electron chi connectivity index (χ1n) is 5.29. The zero-order chi connectivity index (χ0) is 10.9. The van der Waals surface area contributed by atoms with Crippen molar-refractivity contribution in [3.05, 3.63) is 11.7 Å². The van der Waals surface area contributed by atoms with Crippen molar-refractivity contribution < 1.29 is 4.52 Å². The molecule has 0 spiro atoms. The van der Waals surface area contributed by atoms with Crippen LogP contribution < -0.4 is 5.32 Å². The van der Waals surface area contributed by atoms with Crippen molar-refractivity contribution in [3.63, 3.8) is 0 Å². The molecule has 0 bridgehead atoms. The zero-order valence-electron chi connectivity index (χ0n) is 9.58. The van der Waals surface area contributed by atoms with Gasteiger partial charge in [0.25, 0.3) is 0 Å². The monoisotopic (exact) mass is 210 g/mol. The smallest absolute Gasteiger partial charge is 0.233 e. The summed E-state index contributed by atoms with van der Waals surface area (Å²) >= 11 is 0. The zero-order valence-corrected chi connectivity index (χ0v) is 9.58. The molecule has 1 aliphatic rings. The number of rotatable bonds is 3. The molecule has 1 aliphatic heterocycles. The molecule has 2 heterocycles. The van der Waals surface area contributed by atoms with E-state index >= 15 is 0 Å². The first kappa shape index (κ1) is 10.6. The summed E-state index contributed by atoms with van der Waals surface area (Å²) in [5.74, 6) is 1.53. The average molecular weight is 210 g/mol. The Bertz CT molecular complexity index is 328. The van der Waals surface area contributed by atoms with Gasteiger partial charge in [-0.05, 0) is 34.0 Å². The number of nitrogens with one attached hydrogen (secondary N) is 1. The second kappa shape index (κ2) is 3.90. The highest BCUT2D eigenvalue weighted by atomic mass is 16.5. The van der Waals surface area contributed by atoms with E-state index in [1.165, 1.54) is 0 Å². The van der Waals surface area contributed by atoms with Crippen LogP contribution in [0.5, 0.6) is 0 Å². The van der Waals surface area contributed by atoms with E-state index in [1.807, 2.05) is 19.0 Å². The molecule has 15 heavy (non-hydrogen) atoms. The van der Waals surface area contributed by atoms with Gasteiger partial charge in [-0.3, -0.25) is 0 Å². The Kier molecular flexibility index (Phi) is 2.75. The third-order valence-electron chi connectivity index (χ3n) is 2.81. The molecule has 1 saturated heterocycles. The van der Waals surface area contributed by atoms with Crippen LogP contribution in [-0.2, 0) is 12.0 Å². The predicted molar refractivity (Wildman–Crippen MR) is 56.5 cm³/mol. The summed E-state index contributed by atoms with van der Waals surface area (Å²) in [4.78, 5) is 6.48. The molecule has 1 fully saturated rings. The normalized spacial score (nSPS) is 26.4. The van der Waals surface area contributed by atoms with Gasteiger partial charge >= 0.3 is 0 Å². The van der Waals surface area contributed by atoms with Gasteiger partial charge in [0.1, 0.15) is 0 Å².